The van der Waals surface area contributed by atoms with E-state index >= 15 is 0 Å². The Labute approximate surface area is 189 Å². The van der Waals surface area contributed by atoms with E-state index in [4.69, 9.17) is 9.47 Å². The van der Waals surface area contributed by atoms with Gasteiger partial charge in [0.2, 0.25) is 5.91 Å². The molecule has 1 aliphatic rings. The molecule has 7 nitrogen and oxygen atoms in total. The van der Waals surface area contributed by atoms with Crippen LogP contribution in [0.3, 0.4) is 0 Å². The summed E-state index contributed by atoms with van der Waals surface area (Å²) in [5.41, 5.74) is 3.17. The number of rotatable bonds is 5. The van der Waals surface area contributed by atoms with Gasteiger partial charge >= 0.3 is 0 Å². The monoisotopic (exact) mass is 459 g/mol. The molecule has 1 aliphatic heterocycles. The molecular weight excluding hydrogens is 434 g/mol. The third-order valence-electron chi connectivity index (χ3n) is 5.76. The molecule has 0 atom stereocenters. The maximum Gasteiger partial charge on any atom is 0.262 e. The lowest BCUT2D eigenvalue weighted by Gasteiger charge is -2.29. The first-order valence-electron chi connectivity index (χ1n) is 9.95. The van der Waals surface area contributed by atoms with Gasteiger partial charge in [-0.05, 0) is 49.1 Å². The number of fused-ring (bicyclic) bond motifs is 2. The molecule has 0 saturated carbocycles. The third kappa shape index (κ3) is 3.92. The van der Waals surface area contributed by atoms with Crippen molar-refractivity contribution >= 4 is 39.2 Å². The van der Waals surface area contributed by atoms with Crippen molar-refractivity contribution in [2.75, 3.05) is 26.5 Å². The summed E-state index contributed by atoms with van der Waals surface area (Å²) in [6.45, 7) is 5.13. The zero-order valence-corrected chi connectivity index (χ0v) is 19.9. The van der Waals surface area contributed by atoms with Crippen molar-refractivity contribution in [3.63, 3.8) is 0 Å². The number of hydrogen-bond acceptors (Lipinski definition) is 7. The molecule has 0 fully saturated rings. The minimum absolute atomic E-state index is 0.0262. The molecule has 3 aromatic rings. The summed E-state index contributed by atoms with van der Waals surface area (Å²) in [5.74, 6) is 1.63. The van der Waals surface area contributed by atoms with E-state index < -0.39 is 0 Å². The first-order valence-corrected chi connectivity index (χ1v) is 11.7. The Hall–Kier alpha value is -2.52. The molecule has 1 aromatic carbocycles. The lowest BCUT2D eigenvalue weighted by atomic mass is 9.99. The summed E-state index contributed by atoms with van der Waals surface area (Å²) < 4.78 is 12.3. The molecule has 0 saturated heterocycles. The first-order chi connectivity index (χ1) is 14.8. The molecule has 0 unspecified atom stereocenters. The normalized spacial score (nSPS) is 13.4. The SMILES string of the molecule is COc1cc2c(cc1OC)CN(C(=O)CSc1nc3sc(C)c(C)c3c(=O)n1C)CC2. The van der Waals surface area contributed by atoms with Crippen LogP contribution in [0.15, 0.2) is 22.1 Å². The molecule has 31 heavy (non-hydrogen) atoms. The van der Waals surface area contributed by atoms with E-state index in [1.54, 1.807) is 25.8 Å². The number of methoxy groups -OCH3 is 2. The van der Waals surface area contributed by atoms with Crippen molar-refractivity contribution in [3.8, 4) is 11.5 Å². The summed E-state index contributed by atoms with van der Waals surface area (Å²) >= 11 is 2.83. The van der Waals surface area contributed by atoms with Crippen LogP contribution in [0.5, 0.6) is 11.5 Å². The fourth-order valence-electron chi connectivity index (χ4n) is 3.80. The van der Waals surface area contributed by atoms with Crippen molar-refractivity contribution in [1.82, 2.24) is 14.5 Å². The quantitative estimate of drug-likeness (QED) is 0.431. The van der Waals surface area contributed by atoms with E-state index in [9.17, 15) is 9.59 Å². The second-order valence-electron chi connectivity index (χ2n) is 7.55. The highest BCUT2D eigenvalue weighted by Crippen LogP contribution is 2.33. The topological polar surface area (TPSA) is 73.7 Å². The van der Waals surface area contributed by atoms with Crippen molar-refractivity contribution in [1.29, 1.82) is 0 Å². The number of aromatic nitrogens is 2. The van der Waals surface area contributed by atoms with Crippen LogP contribution in [-0.4, -0.2) is 46.9 Å². The van der Waals surface area contributed by atoms with Gasteiger partial charge in [0.15, 0.2) is 16.7 Å². The Morgan fingerprint density at radius 1 is 1.19 bits per heavy atom. The zero-order chi connectivity index (χ0) is 22.3. The predicted molar refractivity (Wildman–Crippen MR) is 124 cm³/mol. The van der Waals surface area contributed by atoms with Gasteiger partial charge in [-0.2, -0.15) is 0 Å². The lowest BCUT2D eigenvalue weighted by molar-refractivity contribution is -0.129. The Morgan fingerprint density at radius 3 is 2.55 bits per heavy atom. The minimum atomic E-state index is -0.0604. The van der Waals surface area contributed by atoms with Crippen molar-refractivity contribution in [3.05, 3.63) is 44.1 Å². The van der Waals surface area contributed by atoms with E-state index in [1.807, 2.05) is 30.9 Å². The number of ether oxygens (including phenoxy) is 2. The first kappa shape index (κ1) is 21.7. The minimum Gasteiger partial charge on any atom is -0.493 e. The van der Waals surface area contributed by atoms with E-state index in [1.165, 1.54) is 28.7 Å². The van der Waals surface area contributed by atoms with Gasteiger partial charge in [0.05, 0.1) is 25.4 Å². The summed E-state index contributed by atoms with van der Waals surface area (Å²) in [7, 11) is 4.94. The van der Waals surface area contributed by atoms with Crippen LogP contribution < -0.4 is 15.0 Å². The van der Waals surface area contributed by atoms with E-state index in [2.05, 4.69) is 4.98 Å². The second kappa shape index (κ2) is 8.55. The van der Waals surface area contributed by atoms with Crippen LogP contribution in [0.1, 0.15) is 21.6 Å². The molecule has 0 spiro atoms. The van der Waals surface area contributed by atoms with Gasteiger partial charge in [-0.1, -0.05) is 11.8 Å². The summed E-state index contributed by atoms with van der Waals surface area (Å²) in [4.78, 5) is 34.0. The van der Waals surface area contributed by atoms with Crippen LogP contribution in [0, 0.1) is 13.8 Å². The van der Waals surface area contributed by atoms with Crippen LogP contribution in [0.25, 0.3) is 10.2 Å². The van der Waals surface area contributed by atoms with E-state index in [-0.39, 0.29) is 17.2 Å². The molecular formula is C22H25N3O4S2. The van der Waals surface area contributed by atoms with Crippen molar-refractivity contribution in [2.24, 2.45) is 7.05 Å². The summed E-state index contributed by atoms with van der Waals surface area (Å²) in [5, 5.41) is 1.24. The van der Waals surface area contributed by atoms with Gasteiger partial charge in [0, 0.05) is 25.0 Å². The number of benzene rings is 1. The molecule has 0 aliphatic carbocycles. The van der Waals surface area contributed by atoms with Crippen LogP contribution in [0.4, 0.5) is 0 Å². The van der Waals surface area contributed by atoms with Crippen LogP contribution in [-0.2, 0) is 24.8 Å². The molecule has 2 aromatic heterocycles. The molecule has 9 heteroatoms. The second-order valence-corrected chi connectivity index (χ2v) is 9.70. The maximum absolute atomic E-state index is 12.9. The molecule has 164 valence electrons. The fraction of sp³-hybridized carbons (Fsp3) is 0.409. The largest absolute Gasteiger partial charge is 0.493 e. The van der Waals surface area contributed by atoms with E-state index in [0.29, 0.717) is 35.1 Å². The average molecular weight is 460 g/mol. The number of amides is 1. The van der Waals surface area contributed by atoms with Crippen molar-refractivity contribution in [2.45, 2.75) is 32.0 Å². The van der Waals surface area contributed by atoms with Gasteiger partial charge in [0.25, 0.3) is 5.56 Å². The van der Waals surface area contributed by atoms with Gasteiger partial charge in [-0.15, -0.1) is 11.3 Å². The van der Waals surface area contributed by atoms with Gasteiger partial charge < -0.3 is 14.4 Å². The van der Waals surface area contributed by atoms with Gasteiger partial charge in [-0.3, -0.25) is 14.2 Å². The van der Waals surface area contributed by atoms with Gasteiger partial charge in [0.1, 0.15) is 4.83 Å². The smallest absolute Gasteiger partial charge is 0.262 e. The highest BCUT2D eigenvalue weighted by molar-refractivity contribution is 7.99. The highest BCUT2D eigenvalue weighted by atomic mass is 32.2. The average Bonchev–Trinajstić information content (AvgIpc) is 3.06. The summed E-state index contributed by atoms with van der Waals surface area (Å²) in [6, 6.07) is 3.94. The van der Waals surface area contributed by atoms with Crippen LogP contribution in [0.2, 0.25) is 0 Å². The molecule has 1 amide bonds. The Kier molecular flexibility index (Phi) is 5.98. The standard InChI is InChI=1S/C22H25N3O4S2/c1-12-13(2)31-20-19(12)21(27)24(3)22(23-20)30-11-18(26)25-7-6-14-8-16(28-4)17(29-5)9-15(14)10-25/h8-9H,6-7,10-11H2,1-5H3. The molecule has 0 bridgehead atoms. The molecule has 0 radical (unpaired) electrons. The molecule has 4 rings (SSSR count). The number of thiophene rings is 1. The van der Waals surface area contributed by atoms with Gasteiger partial charge in [-0.25, -0.2) is 4.98 Å². The van der Waals surface area contributed by atoms with Crippen molar-refractivity contribution < 1.29 is 14.3 Å². The Bertz CT molecular complexity index is 1230. The number of nitrogens with zero attached hydrogens (tertiary/aromatic N) is 3. The molecule has 0 N–H and O–H groups in total. The molecule has 3 heterocycles. The number of carbonyl (C=O) groups is 1. The number of hydrogen-bond donors (Lipinski definition) is 0. The van der Waals surface area contributed by atoms with Crippen LogP contribution >= 0.6 is 23.1 Å². The fourth-order valence-corrected chi connectivity index (χ4v) is 5.74. The maximum atomic E-state index is 12.9. The lowest BCUT2D eigenvalue weighted by Crippen LogP contribution is -2.37. The Balaban J connectivity index is 1.50. The summed E-state index contributed by atoms with van der Waals surface area (Å²) in [6.07, 6.45) is 0.766. The number of aryl methyl sites for hydroxylation is 2. The number of carbonyl (C=O) groups excluding carboxylic acids is 1. The zero-order valence-electron chi connectivity index (χ0n) is 18.3. The highest BCUT2D eigenvalue weighted by Gasteiger charge is 2.24. The van der Waals surface area contributed by atoms with E-state index in [0.717, 1.165) is 27.3 Å². The third-order valence-corrected chi connectivity index (χ3v) is 7.88. The Morgan fingerprint density at radius 2 is 1.87 bits per heavy atom. The predicted octanol–water partition coefficient (Wildman–Crippen LogP) is 3.31. The number of thioether (sulfide) groups is 1.